The quantitative estimate of drug-likeness (QED) is 0.638. The molecule has 1 spiro atoms. The van der Waals surface area contributed by atoms with Crippen LogP contribution in [0.3, 0.4) is 0 Å². The number of hydrogen-bond donors (Lipinski definition) is 0. The Kier molecular flexibility index (Phi) is 4.85. The lowest BCUT2D eigenvalue weighted by Crippen LogP contribution is -2.56. The number of carbonyl (C=O) groups excluding carboxylic acids is 1. The molecule has 31 heavy (non-hydrogen) atoms. The second-order valence-corrected chi connectivity index (χ2v) is 8.79. The Morgan fingerprint density at radius 1 is 1.03 bits per heavy atom. The van der Waals surface area contributed by atoms with E-state index in [9.17, 15) is 9.18 Å². The highest BCUT2D eigenvalue weighted by Gasteiger charge is 2.44. The molecule has 160 valence electrons. The Balaban J connectivity index is 1.45. The van der Waals surface area contributed by atoms with Gasteiger partial charge in [0, 0.05) is 30.8 Å². The van der Waals surface area contributed by atoms with Gasteiger partial charge in [-0.15, -0.1) is 10.2 Å². The lowest BCUT2D eigenvalue weighted by Gasteiger charge is -2.48. The van der Waals surface area contributed by atoms with Crippen LogP contribution in [-0.2, 0) is 12.1 Å². The van der Waals surface area contributed by atoms with Crippen LogP contribution in [-0.4, -0.2) is 57.2 Å². The standard InChI is InChI=1S/C24H26FN5O/c1-17-5-3-4-6-20(17)23(31)29-13-11-24(12-14-29)16-28(2)15-21-26-27-22(30(21)24)18-7-9-19(25)10-8-18/h3-10H,11-16H2,1-2H3. The molecular weight excluding hydrogens is 393 g/mol. The average molecular weight is 420 g/mol. The lowest BCUT2D eigenvalue weighted by molar-refractivity contribution is 0.0409. The zero-order valence-electron chi connectivity index (χ0n) is 17.9. The number of carbonyl (C=O) groups is 1. The molecule has 1 saturated heterocycles. The molecule has 7 heteroatoms. The highest BCUT2D eigenvalue weighted by molar-refractivity contribution is 5.95. The second-order valence-electron chi connectivity index (χ2n) is 8.79. The zero-order valence-corrected chi connectivity index (χ0v) is 17.9. The molecule has 0 N–H and O–H groups in total. The average Bonchev–Trinajstić information content (AvgIpc) is 3.19. The largest absolute Gasteiger partial charge is 0.338 e. The maximum absolute atomic E-state index is 13.5. The van der Waals surface area contributed by atoms with Gasteiger partial charge < -0.3 is 9.47 Å². The van der Waals surface area contributed by atoms with Crippen LogP contribution in [0.15, 0.2) is 48.5 Å². The van der Waals surface area contributed by atoms with Crippen LogP contribution < -0.4 is 0 Å². The number of amides is 1. The van der Waals surface area contributed by atoms with Crippen molar-refractivity contribution in [3.8, 4) is 11.4 Å². The summed E-state index contributed by atoms with van der Waals surface area (Å²) in [5.74, 6) is 1.54. The Morgan fingerprint density at radius 2 is 1.74 bits per heavy atom. The number of nitrogens with zero attached hydrogens (tertiary/aromatic N) is 5. The van der Waals surface area contributed by atoms with Crippen molar-refractivity contribution in [2.24, 2.45) is 0 Å². The predicted octanol–water partition coefficient (Wildman–Crippen LogP) is 3.47. The molecule has 5 rings (SSSR count). The molecule has 2 aromatic carbocycles. The molecule has 1 aromatic heterocycles. The van der Waals surface area contributed by atoms with Crippen molar-refractivity contribution in [3.05, 3.63) is 71.3 Å². The van der Waals surface area contributed by atoms with Gasteiger partial charge in [-0.05, 0) is 62.7 Å². The summed E-state index contributed by atoms with van der Waals surface area (Å²) in [6.45, 7) is 4.94. The van der Waals surface area contributed by atoms with E-state index in [4.69, 9.17) is 0 Å². The van der Waals surface area contributed by atoms with Crippen molar-refractivity contribution in [1.29, 1.82) is 0 Å². The van der Waals surface area contributed by atoms with Crippen molar-refractivity contribution in [2.75, 3.05) is 26.7 Å². The number of rotatable bonds is 2. The molecule has 0 atom stereocenters. The third-order valence-electron chi connectivity index (χ3n) is 6.64. The minimum Gasteiger partial charge on any atom is -0.338 e. The summed E-state index contributed by atoms with van der Waals surface area (Å²) in [6.07, 6.45) is 1.66. The molecule has 6 nitrogen and oxygen atoms in total. The van der Waals surface area contributed by atoms with Gasteiger partial charge in [-0.2, -0.15) is 0 Å². The fourth-order valence-corrected chi connectivity index (χ4v) is 5.06. The third kappa shape index (κ3) is 3.43. The van der Waals surface area contributed by atoms with Gasteiger partial charge in [0.1, 0.15) is 11.6 Å². The number of fused-ring (bicyclic) bond motifs is 2. The zero-order chi connectivity index (χ0) is 21.6. The number of aromatic nitrogens is 3. The lowest BCUT2D eigenvalue weighted by atomic mass is 9.84. The molecule has 2 aliphatic heterocycles. The number of likely N-dealkylation sites (N-methyl/N-ethyl adjacent to an activating group) is 1. The smallest absolute Gasteiger partial charge is 0.254 e. The van der Waals surface area contributed by atoms with Gasteiger partial charge in [-0.25, -0.2) is 4.39 Å². The SMILES string of the molecule is Cc1ccccc1C(=O)N1CCC2(CC1)CN(C)Cc1nnc(-c3ccc(F)cc3)n12. The van der Waals surface area contributed by atoms with Crippen LogP contribution in [0.1, 0.15) is 34.6 Å². The highest BCUT2D eigenvalue weighted by atomic mass is 19.1. The number of benzene rings is 2. The van der Waals surface area contributed by atoms with Crippen molar-refractivity contribution in [3.63, 3.8) is 0 Å². The van der Waals surface area contributed by atoms with Crippen LogP contribution >= 0.6 is 0 Å². The number of likely N-dealkylation sites (tertiary alicyclic amines) is 1. The monoisotopic (exact) mass is 419 g/mol. The molecule has 0 saturated carbocycles. The van der Waals surface area contributed by atoms with Gasteiger partial charge in [0.15, 0.2) is 5.82 Å². The molecule has 1 amide bonds. The van der Waals surface area contributed by atoms with Gasteiger partial charge in [-0.1, -0.05) is 18.2 Å². The van der Waals surface area contributed by atoms with E-state index in [2.05, 4.69) is 26.7 Å². The first-order chi connectivity index (χ1) is 15.0. The summed E-state index contributed by atoms with van der Waals surface area (Å²) in [4.78, 5) is 17.4. The van der Waals surface area contributed by atoms with Gasteiger partial charge in [0.2, 0.25) is 0 Å². The van der Waals surface area contributed by atoms with Gasteiger partial charge >= 0.3 is 0 Å². The van der Waals surface area contributed by atoms with E-state index < -0.39 is 0 Å². The summed E-state index contributed by atoms with van der Waals surface area (Å²) in [7, 11) is 2.10. The molecule has 3 heterocycles. The van der Waals surface area contributed by atoms with Gasteiger partial charge in [0.05, 0.1) is 12.1 Å². The van der Waals surface area contributed by atoms with Crippen molar-refractivity contribution in [1.82, 2.24) is 24.6 Å². The van der Waals surface area contributed by atoms with E-state index in [1.807, 2.05) is 36.1 Å². The van der Waals surface area contributed by atoms with Gasteiger partial charge in [0.25, 0.3) is 5.91 Å². The highest BCUT2D eigenvalue weighted by Crippen LogP contribution is 2.39. The normalized spacial score (nSPS) is 18.2. The van der Waals surface area contributed by atoms with Gasteiger partial charge in [-0.3, -0.25) is 9.69 Å². The third-order valence-corrected chi connectivity index (χ3v) is 6.64. The van der Waals surface area contributed by atoms with Crippen molar-refractivity contribution in [2.45, 2.75) is 31.8 Å². The molecule has 1 fully saturated rings. The summed E-state index contributed by atoms with van der Waals surface area (Å²) >= 11 is 0. The number of hydrogen-bond acceptors (Lipinski definition) is 4. The topological polar surface area (TPSA) is 54.3 Å². The first-order valence-corrected chi connectivity index (χ1v) is 10.7. The molecule has 0 bridgehead atoms. The molecule has 0 unspecified atom stereocenters. The van der Waals surface area contributed by atoms with E-state index in [0.29, 0.717) is 13.1 Å². The number of halogens is 1. The Morgan fingerprint density at radius 3 is 2.45 bits per heavy atom. The fourth-order valence-electron chi connectivity index (χ4n) is 5.06. The minimum atomic E-state index is -0.264. The van der Waals surface area contributed by atoms with Crippen LogP contribution in [0, 0.1) is 12.7 Å². The first kappa shape index (κ1) is 19.9. The Hall–Kier alpha value is -3.06. The van der Waals surface area contributed by atoms with Crippen LogP contribution in [0.2, 0.25) is 0 Å². The Labute approximate surface area is 181 Å². The maximum Gasteiger partial charge on any atom is 0.254 e. The molecule has 2 aliphatic rings. The molecular formula is C24H26FN5O. The van der Waals surface area contributed by atoms with E-state index >= 15 is 0 Å². The summed E-state index contributed by atoms with van der Waals surface area (Å²) in [6, 6.07) is 14.2. The van der Waals surface area contributed by atoms with Crippen molar-refractivity contribution < 1.29 is 9.18 Å². The molecule has 3 aromatic rings. The van der Waals surface area contributed by atoms with Crippen LogP contribution in [0.5, 0.6) is 0 Å². The molecule has 0 aliphatic carbocycles. The van der Waals surface area contributed by atoms with E-state index in [1.165, 1.54) is 12.1 Å². The fraction of sp³-hybridized carbons (Fsp3) is 0.375. The van der Waals surface area contributed by atoms with Crippen molar-refractivity contribution >= 4 is 5.91 Å². The minimum absolute atomic E-state index is 0.0971. The summed E-state index contributed by atoms with van der Waals surface area (Å²) in [5, 5.41) is 8.94. The van der Waals surface area contributed by atoms with Crippen LogP contribution in [0.4, 0.5) is 4.39 Å². The summed E-state index contributed by atoms with van der Waals surface area (Å²) in [5.41, 5.74) is 2.46. The predicted molar refractivity (Wildman–Crippen MR) is 116 cm³/mol. The number of aryl methyl sites for hydroxylation is 1. The van der Waals surface area contributed by atoms with E-state index in [1.54, 1.807) is 12.1 Å². The van der Waals surface area contributed by atoms with E-state index in [-0.39, 0.29) is 17.3 Å². The Bertz CT molecular complexity index is 1120. The second kappa shape index (κ2) is 7.57. The molecule has 0 radical (unpaired) electrons. The van der Waals surface area contributed by atoms with E-state index in [0.717, 1.165) is 54.3 Å². The summed E-state index contributed by atoms with van der Waals surface area (Å²) < 4.78 is 15.7. The van der Waals surface area contributed by atoms with Crippen LogP contribution in [0.25, 0.3) is 11.4 Å². The first-order valence-electron chi connectivity index (χ1n) is 10.7. The number of piperidine rings is 1. The maximum atomic E-state index is 13.5.